The molecule has 1 N–H and O–H groups in total. The van der Waals surface area contributed by atoms with Crippen molar-refractivity contribution in [1.29, 1.82) is 0 Å². The summed E-state index contributed by atoms with van der Waals surface area (Å²) in [6.07, 6.45) is 3.63. The third-order valence-electron chi connectivity index (χ3n) is 4.19. The van der Waals surface area contributed by atoms with E-state index in [2.05, 4.69) is 9.62 Å². The molecule has 128 valence electrons. The van der Waals surface area contributed by atoms with Crippen molar-refractivity contribution in [2.45, 2.75) is 24.2 Å². The summed E-state index contributed by atoms with van der Waals surface area (Å²) in [4.78, 5) is 2.51. The molecule has 0 aromatic heterocycles. The van der Waals surface area contributed by atoms with E-state index < -0.39 is 10.0 Å². The molecule has 0 unspecified atom stereocenters. The summed E-state index contributed by atoms with van der Waals surface area (Å²) in [5.74, 6) is 0.626. The van der Waals surface area contributed by atoms with Gasteiger partial charge in [-0.2, -0.15) is 0 Å². The van der Waals surface area contributed by atoms with E-state index in [1.165, 1.54) is 31.4 Å². The Bertz CT molecular complexity index is 782. The van der Waals surface area contributed by atoms with Gasteiger partial charge in [0.2, 0.25) is 0 Å². The molecule has 0 saturated carbocycles. The number of sulfonamides is 1. The summed E-state index contributed by atoms with van der Waals surface area (Å²) < 4.78 is 32.8. The fourth-order valence-corrected chi connectivity index (χ4v) is 3.94. The Morgan fingerprint density at radius 2 is 1.71 bits per heavy atom. The standard InChI is InChI=1S/C18H22N2O3S/c1-23-17-8-10-18(11-9-17)24(21,22)19-15-6-5-7-16(14-15)20-12-3-2-4-13-20/h5-11,14,19H,2-4,12-13H2,1H3. The first kappa shape index (κ1) is 16.6. The number of hydrogen-bond donors (Lipinski definition) is 1. The Morgan fingerprint density at radius 1 is 1.00 bits per heavy atom. The van der Waals surface area contributed by atoms with Crippen LogP contribution < -0.4 is 14.4 Å². The second kappa shape index (κ2) is 7.13. The molecule has 0 aliphatic carbocycles. The number of nitrogens with one attached hydrogen (secondary N) is 1. The van der Waals surface area contributed by atoms with Crippen LogP contribution >= 0.6 is 0 Å². The lowest BCUT2D eigenvalue weighted by Crippen LogP contribution is -2.29. The minimum absolute atomic E-state index is 0.215. The summed E-state index contributed by atoms with van der Waals surface area (Å²) in [5.41, 5.74) is 1.64. The van der Waals surface area contributed by atoms with Crippen LogP contribution in [-0.4, -0.2) is 28.6 Å². The second-order valence-electron chi connectivity index (χ2n) is 5.88. The Balaban J connectivity index is 1.78. The maximum absolute atomic E-state index is 12.5. The molecule has 1 aliphatic heterocycles. The minimum Gasteiger partial charge on any atom is -0.497 e. The molecule has 3 rings (SSSR count). The van der Waals surface area contributed by atoms with Gasteiger partial charge in [0.25, 0.3) is 10.0 Å². The molecule has 6 heteroatoms. The van der Waals surface area contributed by atoms with E-state index in [4.69, 9.17) is 4.74 Å². The number of anilines is 2. The maximum Gasteiger partial charge on any atom is 0.261 e. The average Bonchev–Trinajstić information content (AvgIpc) is 2.62. The van der Waals surface area contributed by atoms with Gasteiger partial charge in [-0.1, -0.05) is 6.07 Å². The third-order valence-corrected chi connectivity index (χ3v) is 5.59. The molecule has 0 atom stereocenters. The number of piperidine rings is 1. The number of rotatable bonds is 5. The Kier molecular flexibility index (Phi) is 4.94. The Labute approximate surface area is 143 Å². The van der Waals surface area contributed by atoms with Crippen LogP contribution in [0.4, 0.5) is 11.4 Å². The predicted octanol–water partition coefficient (Wildman–Crippen LogP) is 3.49. The maximum atomic E-state index is 12.5. The van der Waals surface area contributed by atoms with Gasteiger partial charge in [0.15, 0.2) is 0 Å². The van der Waals surface area contributed by atoms with E-state index in [9.17, 15) is 8.42 Å². The first-order valence-electron chi connectivity index (χ1n) is 8.10. The van der Waals surface area contributed by atoms with Crippen molar-refractivity contribution >= 4 is 21.4 Å². The summed E-state index contributed by atoms with van der Waals surface area (Å²) in [6.45, 7) is 2.05. The van der Waals surface area contributed by atoms with Gasteiger partial charge in [0, 0.05) is 18.8 Å². The molecule has 0 amide bonds. The molecule has 2 aromatic carbocycles. The highest BCUT2D eigenvalue weighted by Gasteiger charge is 2.16. The Hall–Kier alpha value is -2.21. The van der Waals surface area contributed by atoms with Crippen molar-refractivity contribution in [2.24, 2.45) is 0 Å². The van der Waals surface area contributed by atoms with Gasteiger partial charge in [-0.05, 0) is 61.7 Å². The van der Waals surface area contributed by atoms with Crippen LogP contribution in [-0.2, 0) is 10.0 Å². The number of nitrogens with zero attached hydrogens (tertiary/aromatic N) is 1. The molecule has 1 fully saturated rings. The van der Waals surface area contributed by atoms with Gasteiger partial charge in [0.1, 0.15) is 5.75 Å². The lowest BCUT2D eigenvalue weighted by atomic mass is 10.1. The monoisotopic (exact) mass is 346 g/mol. The summed E-state index contributed by atoms with van der Waals surface area (Å²) >= 11 is 0. The van der Waals surface area contributed by atoms with E-state index in [0.717, 1.165) is 18.8 Å². The highest BCUT2D eigenvalue weighted by atomic mass is 32.2. The first-order valence-corrected chi connectivity index (χ1v) is 9.59. The highest BCUT2D eigenvalue weighted by Crippen LogP contribution is 2.25. The van der Waals surface area contributed by atoms with Gasteiger partial charge in [-0.15, -0.1) is 0 Å². The quantitative estimate of drug-likeness (QED) is 0.900. The fraction of sp³-hybridized carbons (Fsp3) is 0.333. The molecular weight excluding hydrogens is 324 g/mol. The first-order chi connectivity index (χ1) is 11.6. The number of benzene rings is 2. The average molecular weight is 346 g/mol. The lowest BCUT2D eigenvalue weighted by molar-refractivity contribution is 0.414. The topological polar surface area (TPSA) is 58.6 Å². The van der Waals surface area contributed by atoms with Crippen LogP contribution in [0.3, 0.4) is 0 Å². The van der Waals surface area contributed by atoms with Crippen LogP contribution in [0.1, 0.15) is 19.3 Å². The normalized spacial score (nSPS) is 15.1. The van der Waals surface area contributed by atoms with Crippen molar-refractivity contribution < 1.29 is 13.2 Å². The van der Waals surface area contributed by atoms with E-state index in [1.807, 2.05) is 18.2 Å². The zero-order valence-electron chi connectivity index (χ0n) is 13.7. The van der Waals surface area contributed by atoms with Crippen LogP contribution in [0.2, 0.25) is 0 Å². The van der Waals surface area contributed by atoms with Gasteiger partial charge in [0.05, 0.1) is 17.7 Å². The smallest absolute Gasteiger partial charge is 0.261 e. The zero-order chi connectivity index (χ0) is 17.0. The minimum atomic E-state index is -3.61. The third kappa shape index (κ3) is 3.82. The lowest BCUT2D eigenvalue weighted by Gasteiger charge is -2.29. The van der Waals surface area contributed by atoms with E-state index in [1.54, 1.807) is 25.3 Å². The van der Waals surface area contributed by atoms with Crippen molar-refractivity contribution in [1.82, 2.24) is 0 Å². The largest absolute Gasteiger partial charge is 0.497 e. The van der Waals surface area contributed by atoms with Gasteiger partial charge in [-0.3, -0.25) is 4.72 Å². The van der Waals surface area contributed by atoms with Gasteiger partial charge in [-0.25, -0.2) is 8.42 Å². The van der Waals surface area contributed by atoms with Crippen molar-refractivity contribution in [3.05, 3.63) is 48.5 Å². The number of methoxy groups -OCH3 is 1. The van der Waals surface area contributed by atoms with E-state index >= 15 is 0 Å². The molecule has 1 heterocycles. The molecule has 0 bridgehead atoms. The van der Waals surface area contributed by atoms with Crippen LogP contribution in [0.15, 0.2) is 53.4 Å². The number of ether oxygens (including phenoxy) is 1. The number of hydrogen-bond acceptors (Lipinski definition) is 4. The predicted molar refractivity (Wildman–Crippen MR) is 96.3 cm³/mol. The van der Waals surface area contributed by atoms with E-state index in [-0.39, 0.29) is 4.90 Å². The van der Waals surface area contributed by atoms with Crippen LogP contribution in [0, 0.1) is 0 Å². The van der Waals surface area contributed by atoms with E-state index in [0.29, 0.717) is 11.4 Å². The molecule has 2 aromatic rings. The molecule has 0 spiro atoms. The molecule has 24 heavy (non-hydrogen) atoms. The van der Waals surface area contributed by atoms with Gasteiger partial charge < -0.3 is 9.64 Å². The zero-order valence-corrected chi connectivity index (χ0v) is 14.6. The molecule has 0 radical (unpaired) electrons. The highest BCUT2D eigenvalue weighted by molar-refractivity contribution is 7.92. The molecule has 1 aliphatic rings. The van der Waals surface area contributed by atoms with Crippen LogP contribution in [0.5, 0.6) is 5.75 Å². The van der Waals surface area contributed by atoms with Crippen molar-refractivity contribution in [3.8, 4) is 5.75 Å². The fourth-order valence-electron chi connectivity index (χ4n) is 2.89. The molecule has 1 saturated heterocycles. The summed E-state index contributed by atoms with van der Waals surface area (Å²) in [5, 5.41) is 0. The molecule has 5 nitrogen and oxygen atoms in total. The second-order valence-corrected chi connectivity index (χ2v) is 7.56. The van der Waals surface area contributed by atoms with Crippen molar-refractivity contribution in [3.63, 3.8) is 0 Å². The van der Waals surface area contributed by atoms with Gasteiger partial charge >= 0.3 is 0 Å². The van der Waals surface area contributed by atoms with Crippen molar-refractivity contribution in [2.75, 3.05) is 29.8 Å². The summed E-state index contributed by atoms with van der Waals surface area (Å²) in [7, 11) is -2.06. The Morgan fingerprint density at radius 3 is 2.38 bits per heavy atom. The summed E-state index contributed by atoms with van der Waals surface area (Å²) in [6, 6.07) is 13.9. The molecular formula is C18H22N2O3S. The SMILES string of the molecule is COc1ccc(S(=O)(=O)Nc2cccc(N3CCCCC3)c2)cc1. The van der Waals surface area contributed by atoms with Crippen LogP contribution in [0.25, 0.3) is 0 Å².